The molecule has 0 aliphatic carbocycles. The van der Waals surface area contributed by atoms with Gasteiger partial charge >= 0.3 is 0 Å². The van der Waals surface area contributed by atoms with Crippen LogP contribution in [-0.2, 0) is 13.1 Å². The van der Waals surface area contributed by atoms with Crippen LogP contribution < -0.4 is 43.3 Å². The van der Waals surface area contributed by atoms with E-state index in [4.69, 9.17) is 9.47 Å². The number of hydrogen-bond donors (Lipinski definition) is 1. The summed E-state index contributed by atoms with van der Waals surface area (Å²) < 4.78 is 13.5. The Hall–Kier alpha value is -1.83. The van der Waals surface area contributed by atoms with E-state index in [1.165, 1.54) is 83.5 Å². The van der Waals surface area contributed by atoms with Crippen LogP contribution in [0.3, 0.4) is 0 Å². The summed E-state index contributed by atoms with van der Waals surface area (Å²) in [5, 5.41) is 2.99. The highest BCUT2D eigenvalue weighted by molar-refractivity contribution is 5.93. The Bertz CT molecular complexity index is 891. The standard InChI is InChI=1S/C32H50N2O3.HI/c1-4-6-7-8-9-10-11-12-13-14-15-16-17-18-24-37-30-22-21-28(25-31(30)36-3)26-33-32(35)29-20-19-23-34(5-2)27-29;/h19-23,25,27H,4-18,24,26H2,1-3H3;1H. The van der Waals surface area contributed by atoms with Gasteiger partial charge in [-0.15, -0.1) is 0 Å². The van der Waals surface area contributed by atoms with Crippen molar-refractivity contribution in [3.8, 4) is 11.5 Å². The van der Waals surface area contributed by atoms with Crippen LogP contribution in [0.5, 0.6) is 11.5 Å². The average molecular weight is 639 g/mol. The predicted octanol–water partition coefficient (Wildman–Crippen LogP) is 4.80. The Balaban J connectivity index is 0.00000722. The lowest BCUT2D eigenvalue weighted by Gasteiger charge is -2.13. The van der Waals surface area contributed by atoms with Crippen LogP contribution in [0, 0.1) is 0 Å². The molecule has 1 aromatic carbocycles. The third-order valence-corrected chi connectivity index (χ3v) is 6.92. The fourth-order valence-corrected chi connectivity index (χ4v) is 4.56. The first kappa shape index (κ1) is 34.2. The average Bonchev–Trinajstić information content (AvgIpc) is 2.94. The smallest absolute Gasteiger partial charge is 0.257 e. The number of carbonyl (C=O) groups is 1. The third kappa shape index (κ3) is 14.4. The van der Waals surface area contributed by atoms with E-state index >= 15 is 0 Å². The molecular formula is C32H51IN2O3. The van der Waals surface area contributed by atoms with Gasteiger partial charge in [-0.1, -0.05) is 96.5 Å². The first-order valence-corrected chi connectivity index (χ1v) is 14.7. The summed E-state index contributed by atoms with van der Waals surface area (Å²) >= 11 is 0. The van der Waals surface area contributed by atoms with Gasteiger partial charge in [0.15, 0.2) is 23.9 Å². The Labute approximate surface area is 249 Å². The second-order valence-electron chi connectivity index (χ2n) is 10.0. The van der Waals surface area contributed by atoms with E-state index in [9.17, 15) is 4.79 Å². The maximum absolute atomic E-state index is 12.5. The number of rotatable bonds is 21. The second-order valence-corrected chi connectivity index (χ2v) is 10.0. The van der Waals surface area contributed by atoms with Crippen molar-refractivity contribution in [3.63, 3.8) is 0 Å². The minimum absolute atomic E-state index is 0. The first-order chi connectivity index (χ1) is 18.2. The second kappa shape index (κ2) is 22.0. The van der Waals surface area contributed by atoms with Crippen molar-refractivity contribution < 1.29 is 42.8 Å². The summed E-state index contributed by atoms with van der Waals surface area (Å²) in [6.45, 7) is 6.31. The SMILES string of the molecule is CCCCCCCCCCCCCCCCOc1ccc(CNC(=O)c2ccc[n+](CC)c2)cc1OC.[I-]. The van der Waals surface area contributed by atoms with Gasteiger partial charge in [0, 0.05) is 12.6 Å². The van der Waals surface area contributed by atoms with Gasteiger partial charge in [-0.2, -0.15) is 0 Å². The molecule has 2 aromatic rings. The highest BCUT2D eigenvalue weighted by Gasteiger charge is 2.11. The Kier molecular flexibility index (Phi) is 19.8. The molecule has 5 nitrogen and oxygen atoms in total. The van der Waals surface area contributed by atoms with Gasteiger partial charge < -0.3 is 38.8 Å². The normalized spacial score (nSPS) is 10.6. The number of nitrogens with one attached hydrogen (secondary N) is 1. The summed E-state index contributed by atoms with van der Waals surface area (Å²) in [5.74, 6) is 1.39. The van der Waals surface area contributed by atoms with Gasteiger partial charge in [-0.25, -0.2) is 4.57 Å². The van der Waals surface area contributed by atoms with Gasteiger partial charge in [-0.05, 0) is 37.1 Å². The minimum Gasteiger partial charge on any atom is -1.00 e. The van der Waals surface area contributed by atoms with Crippen molar-refractivity contribution in [1.82, 2.24) is 5.32 Å². The number of ether oxygens (including phenoxy) is 2. The molecule has 0 aliphatic heterocycles. The number of aromatic nitrogens is 1. The van der Waals surface area contributed by atoms with Gasteiger partial charge in [0.25, 0.3) is 5.91 Å². The molecule has 0 radical (unpaired) electrons. The molecule has 1 aromatic heterocycles. The lowest BCUT2D eigenvalue weighted by Crippen LogP contribution is -3.00. The van der Waals surface area contributed by atoms with E-state index in [2.05, 4.69) is 19.2 Å². The molecule has 2 rings (SSSR count). The van der Waals surface area contributed by atoms with E-state index in [1.807, 2.05) is 47.3 Å². The molecule has 0 saturated carbocycles. The van der Waals surface area contributed by atoms with E-state index in [0.717, 1.165) is 24.3 Å². The fraction of sp³-hybridized carbons (Fsp3) is 0.625. The zero-order valence-corrected chi connectivity index (χ0v) is 26.3. The number of unbranched alkanes of at least 4 members (excludes halogenated alkanes) is 13. The van der Waals surface area contributed by atoms with Crippen molar-refractivity contribution in [2.24, 2.45) is 0 Å². The number of nitrogens with zero attached hydrogens (tertiary/aromatic N) is 1. The number of pyridine rings is 1. The predicted molar refractivity (Wildman–Crippen MR) is 152 cm³/mol. The van der Waals surface area contributed by atoms with Crippen molar-refractivity contribution >= 4 is 5.91 Å². The molecule has 0 bridgehead atoms. The summed E-state index contributed by atoms with van der Waals surface area (Å²) in [6.07, 6.45) is 22.7. The number of carbonyl (C=O) groups excluding carboxylic acids is 1. The van der Waals surface area contributed by atoms with Crippen LogP contribution in [0.2, 0.25) is 0 Å². The molecule has 0 aliphatic rings. The minimum atomic E-state index is -0.0834. The van der Waals surface area contributed by atoms with Crippen LogP contribution in [0.1, 0.15) is 120 Å². The molecule has 38 heavy (non-hydrogen) atoms. The lowest BCUT2D eigenvalue weighted by molar-refractivity contribution is -0.693. The number of amides is 1. The highest BCUT2D eigenvalue weighted by atomic mass is 127. The molecule has 0 atom stereocenters. The van der Waals surface area contributed by atoms with E-state index in [0.29, 0.717) is 24.5 Å². The van der Waals surface area contributed by atoms with Crippen LogP contribution in [-0.4, -0.2) is 19.6 Å². The summed E-state index contributed by atoms with van der Waals surface area (Å²) in [4.78, 5) is 12.5. The summed E-state index contributed by atoms with van der Waals surface area (Å²) in [7, 11) is 1.66. The number of benzene rings is 1. The Morgan fingerprint density at radius 1 is 0.816 bits per heavy atom. The number of hydrogen-bond acceptors (Lipinski definition) is 3. The van der Waals surface area contributed by atoms with Crippen LogP contribution in [0.15, 0.2) is 42.7 Å². The number of methoxy groups -OCH3 is 1. The first-order valence-electron chi connectivity index (χ1n) is 14.7. The molecule has 0 saturated heterocycles. The van der Waals surface area contributed by atoms with Gasteiger partial charge in [0.05, 0.1) is 13.7 Å². The van der Waals surface area contributed by atoms with Crippen molar-refractivity contribution in [3.05, 3.63) is 53.9 Å². The topological polar surface area (TPSA) is 51.4 Å². The van der Waals surface area contributed by atoms with Crippen molar-refractivity contribution in [1.29, 1.82) is 0 Å². The largest absolute Gasteiger partial charge is 1.00 e. The lowest BCUT2D eigenvalue weighted by atomic mass is 10.0. The molecule has 1 heterocycles. The van der Waals surface area contributed by atoms with Gasteiger partial charge in [-0.3, -0.25) is 4.79 Å². The maximum atomic E-state index is 12.5. The molecule has 0 unspecified atom stereocenters. The Morgan fingerprint density at radius 2 is 1.42 bits per heavy atom. The van der Waals surface area contributed by atoms with E-state index < -0.39 is 0 Å². The molecule has 1 amide bonds. The quantitative estimate of drug-likeness (QED) is 0.122. The Morgan fingerprint density at radius 3 is 2.00 bits per heavy atom. The molecule has 6 heteroatoms. The van der Waals surface area contributed by atoms with Crippen LogP contribution >= 0.6 is 0 Å². The van der Waals surface area contributed by atoms with E-state index in [1.54, 1.807) is 7.11 Å². The van der Waals surface area contributed by atoms with Crippen LogP contribution in [0.25, 0.3) is 0 Å². The fourth-order valence-electron chi connectivity index (χ4n) is 4.56. The molecule has 0 spiro atoms. The zero-order chi connectivity index (χ0) is 26.6. The van der Waals surface area contributed by atoms with Crippen LogP contribution in [0.4, 0.5) is 0 Å². The monoisotopic (exact) mass is 638 g/mol. The molecule has 1 N–H and O–H groups in total. The van der Waals surface area contributed by atoms with Gasteiger partial charge in [0.2, 0.25) is 0 Å². The van der Waals surface area contributed by atoms with Gasteiger partial charge in [0.1, 0.15) is 12.1 Å². The summed E-state index contributed by atoms with van der Waals surface area (Å²) in [5.41, 5.74) is 1.64. The number of aryl methyl sites for hydroxylation is 1. The zero-order valence-electron chi connectivity index (χ0n) is 24.1. The van der Waals surface area contributed by atoms with E-state index in [-0.39, 0.29) is 29.9 Å². The van der Waals surface area contributed by atoms with Crippen molar-refractivity contribution in [2.75, 3.05) is 13.7 Å². The molecular weight excluding hydrogens is 587 g/mol. The highest BCUT2D eigenvalue weighted by Crippen LogP contribution is 2.28. The summed E-state index contributed by atoms with van der Waals surface area (Å²) in [6, 6.07) is 9.60. The molecule has 214 valence electrons. The third-order valence-electron chi connectivity index (χ3n) is 6.92. The van der Waals surface area contributed by atoms with Crippen molar-refractivity contribution in [2.45, 2.75) is 117 Å². The maximum Gasteiger partial charge on any atom is 0.257 e. The molecule has 0 fully saturated rings. The number of halogens is 1.